The van der Waals surface area contributed by atoms with E-state index < -0.39 is 9.84 Å². The largest absolute Gasteiger partial charge is 0.494 e. The molecule has 8 heteroatoms. The van der Waals surface area contributed by atoms with Crippen LogP contribution in [0.3, 0.4) is 0 Å². The van der Waals surface area contributed by atoms with Gasteiger partial charge in [0.15, 0.2) is 15.8 Å². The fourth-order valence-corrected chi connectivity index (χ4v) is 5.15. The van der Waals surface area contributed by atoms with Gasteiger partial charge in [-0.3, -0.25) is 4.99 Å². The first-order valence-electron chi connectivity index (χ1n) is 9.90. The molecule has 0 bridgehead atoms. The van der Waals surface area contributed by atoms with E-state index in [4.69, 9.17) is 4.74 Å². The Bertz CT molecular complexity index is 918. The van der Waals surface area contributed by atoms with Gasteiger partial charge in [-0.1, -0.05) is 30.3 Å². The van der Waals surface area contributed by atoms with Gasteiger partial charge in [-0.05, 0) is 48.6 Å². The number of aliphatic imine (C=N–C) groups is 1. The number of nitrogens with one attached hydrogen (secondary N) is 2. The lowest BCUT2D eigenvalue weighted by Crippen LogP contribution is -2.38. The summed E-state index contributed by atoms with van der Waals surface area (Å²) < 4.78 is 29.0. The summed E-state index contributed by atoms with van der Waals surface area (Å²) in [6.07, 6.45) is 1.56. The molecule has 0 spiro atoms. The minimum Gasteiger partial charge on any atom is -0.494 e. The highest BCUT2D eigenvalue weighted by atomic mass is 127. The molecule has 0 aromatic heterocycles. The first kappa shape index (κ1) is 23.7. The molecule has 2 N–H and O–H groups in total. The molecule has 1 unspecified atom stereocenters. The Hall–Kier alpha value is -1.55. The fraction of sp³-hybridized carbons (Fsp3) is 0.476. The molecule has 0 saturated carbocycles. The molecule has 2 aromatic rings. The van der Waals surface area contributed by atoms with Gasteiger partial charge in [-0.2, -0.15) is 0 Å². The Kier molecular flexibility index (Phi) is 9.48. The van der Waals surface area contributed by atoms with Crippen LogP contribution in [0.25, 0.3) is 10.8 Å². The number of rotatable bonds is 8. The van der Waals surface area contributed by atoms with E-state index in [1.54, 1.807) is 0 Å². The second kappa shape index (κ2) is 11.6. The van der Waals surface area contributed by atoms with Crippen LogP contribution in [0, 0.1) is 5.92 Å². The first-order chi connectivity index (χ1) is 13.6. The van der Waals surface area contributed by atoms with Crippen LogP contribution in [0.2, 0.25) is 0 Å². The van der Waals surface area contributed by atoms with Crippen molar-refractivity contribution in [3.8, 4) is 5.75 Å². The normalized spacial score (nSPS) is 18.2. The van der Waals surface area contributed by atoms with E-state index in [0.29, 0.717) is 25.3 Å². The molecule has 0 radical (unpaired) electrons. The maximum atomic E-state index is 11.6. The number of hydrogen-bond donors (Lipinski definition) is 2. The summed E-state index contributed by atoms with van der Waals surface area (Å²) >= 11 is 0. The van der Waals surface area contributed by atoms with Crippen molar-refractivity contribution in [2.24, 2.45) is 10.9 Å². The lowest BCUT2D eigenvalue weighted by molar-refractivity contribution is 0.311. The van der Waals surface area contributed by atoms with Gasteiger partial charge in [0, 0.05) is 19.6 Å². The zero-order valence-electron chi connectivity index (χ0n) is 16.8. The Morgan fingerprint density at radius 3 is 2.69 bits per heavy atom. The van der Waals surface area contributed by atoms with Crippen molar-refractivity contribution in [2.75, 3.05) is 37.7 Å². The maximum absolute atomic E-state index is 11.6. The summed E-state index contributed by atoms with van der Waals surface area (Å²) in [4.78, 5) is 4.54. The summed E-state index contributed by atoms with van der Waals surface area (Å²) in [5.41, 5.74) is 0. The van der Waals surface area contributed by atoms with Crippen molar-refractivity contribution in [2.45, 2.75) is 19.8 Å². The van der Waals surface area contributed by atoms with Gasteiger partial charge in [0.25, 0.3) is 0 Å². The number of guanidine groups is 1. The highest BCUT2D eigenvalue weighted by Gasteiger charge is 2.27. The molecule has 29 heavy (non-hydrogen) atoms. The van der Waals surface area contributed by atoms with Gasteiger partial charge in [0.2, 0.25) is 0 Å². The van der Waals surface area contributed by atoms with Crippen molar-refractivity contribution in [1.82, 2.24) is 10.6 Å². The lowest BCUT2D eigenvalue weighted by atomic mass is 10.1. The number of halogens is 1. The minimum atomic E-state index is -2.85. The van der Waals surface area contributed by atoms with Crippen molar-refractivity contribution < 1.29 is 13.2 Å². The van der Waals surface area contributed by atoms with Crippen LogP contribution in [-0.2, 0) is 9.84 Å². The van der Waals surface area contributed by atoms with Gasteiger partial charge in [-0.25, -0.2) is 8.42 Å². The van der Waals surface area contributed by atoms with Crippen LogP contribution in [0.5, 0.6) is 5.75 Å². The molecule has 160 valence electrons. The third-order valence-electron chi connectivity index (χ3n) is 4.78. The summed E-state index contributed by atoms with van der Waals surface area (Å²) in [6.45, 7) is 4.68. The number of hydrogen-bond acceptors (Lipinski definition) is 4. The molecule has 3 rings (SSSR count). The van der Waals surface area contributed by atoms with Crippen LogP contribution in [0.1, 0.15) is 19.8 Å². The average Bonchev–Trinajstić information content (AvgIpc) is 3.04. The quantitative estimate of drug-likeness (QED) is 0.237. The lowest BCUT2D eigenvalue weighted by Gasteiger charge is -2.13. The summed E-state index contributed by atoms with van der Waals surface area (Å²) in [6, 6.07) is 14.4. The van der Waals surface area contributed by atoms with Crippen molar-refractivity contribution in [3.05, 3.63) is 42.5 Å². The van der Waals surface area contributed by atoms with E-state index in [2.05, 4.69) is 39.9 Å². The predicted molar refractivity (Wildman–Crippen MR) is 130 cm³/mol. The molecule has 0 amide bonds. The molecule has 1 aliphatic heterocycles. The van der Waals surface area contributed by atoms with E-state index in [1.807, 2.05) is 25.1 Å². The third-order valence-corrected chi connectivity index (χ3v) is 6.62. The number of nitrogens with zero attached hydrogens (tertiary/aromatic N) is 1. The Balaban J connectivity index is 0.00000300. The van der Waals surface area contributed by atoms with Gasteiger partial charge < -0.3 is 15.4 Å². The fourth-order valence-electron chi connectivity index (χ4n) is 3.30. The van der Waals surface area contributed by atoms with Gasteiger partial charge in [0.05, 0.1) is 18.1 Å². The Labute approximate surface area is 190 Å². The molecule has 1 atom stereocenters. The first-order valence-corrected chi connectivity index (χ1v) is 11.7. The molecule has 2 aromatic carbocycles. The maximum Gasteiger partial charge on any atom is 0.191 e. The van der Waals surface area contributed by atoms with Gasteiger partial charge >= 0.3 is 0 Å². The van der Waals surface area contributed by atoms with Crippen molar-refractivity contribution in [3.63, 3.8) is 0 Å². The monoisotopic (exact) mass is 531 g/mol. The number of ether oxygens (including phenoxy) is 1. The molecular formula is C21H30IN3O3S. The topological polar surface area (TPSA) is 79.8 Å². The highest BCUT2D eigenvalue weighted by molar-refractivity contribution is 14.0. The second-order valence-corrected chi connectivity index (χ2v) is 9.36. The van der Waals surface area contributed by atoms with E-state index >= 15 is 0 Å². The van der Waals surface area contributed by atoms with E-state index in [9.17, 15) is 8.42 Å². The standard InChI is InChI=1S/C21H29N3O3S.HI/c1-2-22-21(24-15-17-10-13-28(25,26)16-17)23-11-5-12-27-20-9-8-18-6-3-4-7-19(18)14-20;/h3-4,6-9,14,17H,2,5,10-13,15-16H2,1H3,(H2,22,23,24);1H. The minimum absolute atomic E-state index is 0. The highest BCUT2D eigenvalue weighted by Crippen LogP contribution is 2.20. The van der Waals surface area contributed by atoms with E-state index in [0.717, 1.165) is 31.2 Å². The molecule has 1 heterocycles. The smallest absolute Gasteiger partial charge is 0.191 e. The van der Waals surface area contributed by atoms with Crippen LogP contribution >= 0.6 is 24.0 Å². The van der Waals surface area contributed by atoms with Crippen LogP contribution in [0.15, 0.2) is 47.5 Å². The zero-order valence-corrected chi connectivity index (χ0v) is 19.9. The van der Waals surface area contributed by atoms with E-state index in [1.165, 1.54) is 10.8 Å². The number of fused-ring (bicyclic) bond motifs is 1. The molecule has 1 aliphatic rings. The zero-order chi connectivity index (χ0) is 19.8. The molecule has 6 nitrogen and oxygen atoms in total. The second-order valence-electron chi connectivity index (χ2n) is 7.13. The Morgan fingerprint density at radius 2 is 1.97 bits per heavy atom. The Morgan fingerprint density at radius 1 is 1.17 bits per heavy atom. The predicted octanol–water partition coefficient (Wildman–Crippen LogP) is 3.22. The number of benzene rings is 2. The third kappa shape index (κ3) is 7.65. The molecule has 1 fully saturated rings. The van der Waals surface area contributed by atoms with E-state index in [-0.39, 0.29) is 35.6 Å². The summed E-state index contributed by atoms with van der Waals surface area (Å²) in [5, 5.41) is 8.88. The van der Waals surface area contributed by atoms with Gasteiger partial charge in [-0.15, -0.1) is 24.0 Å². The summed E-state index contributed by atoms with van der Waals surface area (Å²) in [5.74, 6) is 2.30. The molecular weight excluding hydrogens is 501 g/mol. The average molecular weight is 531 g/mol. The molecule has 1 saturated heterocycles. The van der Waals surface area contributed by atoms with Gasteiger partial charge in [0.1, 0.15) is 5.75 Å². The van der Waals surface area contributed by atoms with Crippen LogP contribution in [-0.4, -0.2) is 52.1 Å². The SMILES string of the molecule is CCNC(=NCC1CCS(=O)(=O)C1)NCCCOc1ccc2ccccc2c1.I. The van der Waals surface area contributed by atoms with Crippen LogP contribution in [0.4, 0.5) is 0 Å². The summed E-state index contributed by atoms with van der Waals surface area (Å²) in [7, 11) is -2.85. The van der Waals surface area contributed by atoms with Crippen molar-refractivity contribution in [1.29, 1.82) is 0 Å². The van der Waals surface area contributed by atoms with Crippen molar-refractivity contribution >= 4 is 50.5 Å². The molecule has 0 aliphatic carbocycles. The van der Waals surface area contributed by atoms with Crippen LogP contribution < -0.4 is 15.4 Å². The number of sulfone groups is 1.